The third kappa shape index (κ3) is 1.30. The van der Waals surface area contributed by atoms with Crippen LogP contribution < -0.4 is 10.6 Å². The molecule has 7 heteroatoms. The minimum Gasteiger partial charge on any atom is -0.386 e. The number of hydrogen-bond acceptors (Lipinski definition) is 6. The minimum absolute atomic E-state index is 0.178. The van der Waals surface area contributed by atoms with Crippen LogP contribution in [0.5, 0.6) is 0 Å². The van der Waals surface area contributed by atoms with Crippen LogP contribution in [0.15, 0.2) is 0 Å². The Labute approximate surface area is 72.9 Å². The van der Waals surface area contributed by atoms with Gasteiger partial charge in [-0.2, -0.15) is 0 Å². The van der Waals surface area contributed by atoms with Gasteiger partial charge in [0.15, 0.2) is 10.7 Å². The number of nitrogens with two attached hydrogens (primary N) is 1. The molecule has 0 unspecified atom stereocenters. The highest BCUT2D eigenvalue weighted by molar-refractivity contribution is 7.11. The summed E-state index contributed by atoms with van der Waals surface area (Å²) < 4.78 is 3.61. The second-order valence-electron chi connectivity index (χ2n) is 2.37. The SMILES string of the molecule is CN(C)c1c([N+](=O)[O-])nsc1N. The largest absolute Gasteiger partial charge is 0.404 e. The lowest BCUT2D eigenvalue weighted by molar-refractivity contribution is -0.387. The van der Waals surface area contributed by atoms with Crippen molar-refractivity contribution in [2.45, 2.75) is 0 Å². The van der Waals surface area contributed by atoms with Gasteiger partial charge in [0.1, 0.15) is 11.5 Å². The Hall–Kier alpha value is -1.37. The monoisotopic (exact) mass is 188 g/mol. The van der Waals surface area contributed by atoms with E-state index < -0.39 is 4.92 Å². The van der Waals surface area contributed by atoms with Crippen molar-refractivity contribution in [3.05, 3.63) is 10.1 Å². The van der Waals surface area contributed by atoms with E-state index in [-0.39, 0.29) is 5.82 Å². The van der Waals surface area contributed by atoms with Crippen LogP contribution in [-0.4, -0.2) is 23.4 Å². The summed E-state index contributed by atoms with van der Waals surface area (Å²) in [5.74, 6) is -0.178. The first-order valence-electron chi connectivity index (χ1n) is 3.11. The topological polar surface area (TPSA) is 85.3 Å². The molecule has 0 aromatic carbocycles. The predicted molar refractivity (Wildman–Crippen MR) is 47.5 cm³/mol. The Morgan fingerprint density at radius 3 is 2.58 bits per heavy atom. The van der Waals surface area contributed by atoms with Crippen LogP contribution in [0.2, 0.25) is 0 Å². The van der Waals surface area contributed by atoms with Gasteiger partial charge in [0.25, 0.3) is 0 Å². The van der Waals surface area contributed by atoms with E-state index in [4.69, 9.17) is 5.73 Å². The van der Waals surface area contributed by atoms with Crippen molar-refractivity contribution in [1.82, 2.24) is 4.37 Å². The van der Waals surface area contributed by atoms with Gasteiger partial charge in [0.2, 0.25) is 0 Å². The fourth-order valence-electron chi connectivity index (χ4n) is 0.829. The van der Waals surface area contributed by atoms with E-state index >= 15 is 0 Å². The fraction of sp³-hybridized carbons (Fsp3) is 0.400. The van der Waals surface area contributed by atoms with Crippen LogP contribution >= 0.6 is 11.5 Å². The normalized spacial score (nSPS) is 9.83. The van der Waals surface area contributed by atoms with E-state index in [2.05, 4.69) is 4.37 Å². The van der Waals surface area contributed by atoms with Crippen LogP contribution in [0.25, 0.3) is 0 Å². The van der Waals surface area contributed by atoms with Crippen molar-refractivity contribution in [3.8, 4) is 0 Å². The Morgan fingerprint density at radius 1 is 1.67 bits per heavy atom. The third-order valence-corrected chi connectivity index (χ3v) is 1.95. The third-order valence-electron chi connectivity index (χ3n) is 1.30. The Balaban J connectivity index is 3.21. The lowest BCUT2D eigenvalue weighted by Gasteiger charge is -2.08. The molecule has 0 saturated carbocycles. The average molecular weight is 188 g/mol. The van der Waals surface area contributed by atoms with Crippen molar-refractivity contribution < 1.29 is 4.92 Å². The van der Waals surface area contributed by atoms with Crippen LogP contribution in [0, 0.1) is 10.1 Å². The maximum atomic E-state index is 10.4. The molecule has 0 amide bonds. The summed E-state index contributed by atoms with van der Waals surface area (Å²) in [4.78, 5) is 11.4. The lowest BCUT2D eigenvalue weighted by atomic mass is 10.4. The van der Waals surface area contributed by atoms with Gasteiger partial charge < -0.3 is 20.7 Å². The van der Waals surface area contributed by atoms with Gasteiger partial charge in [-0.25, -0.2) is 0 Å². The maximum Gasteiger partial charge on any atom is 0.404 e. The molecule has 1 rings (SSSR count). The molecule has 0 fully saturated rings. The van der Waals surface area contributed by atoms with Crippen molar-refractivity contribution in [2.75, 3.05) is 24.7 Å². The first kappa shape index (κ1) is 8.72. The quantitative estimate of drug-likeness (QED) is 0.545. The number of hydrogen-bond donors (Lipinski definition) is 1. The molecule has 0 saturated heterocycles. The summed E-state index contributed by atoms with van der Waals surface area (Å²) in [7, 11) is 3.38. The number of aromatic nitrogens is 1. The molecule has 1 aromatic heterocycles. The van der Waals surface area contributed by atoms with E-state index in [1.807, 2.05) is 0 Å². The van der Waals surface area contributed by atoms with E-state index in [0.29, 0.717) is 10.7 Å². The number of nitrogens with zero attached hydrogens (tertiary/aromatic N) is 3. The van der Waals surface area contributed by atoms with E-state index in [1.165, 1.54) is 0 Å². The van der Waals surface area contributed by atoms with Crippen molar-refractivity contribution in [3.63, 3.8) is 0 Å². The molecule has 1 heterocycles. The second kappa shape index (κ2) is 2.94. The molecule has 0 aliphatic carbocycles. The number of nitro groups is 1. The predicted octanol–water partition coefficient (Wildman–Crippen LogP) is 0.700. The summed E-state index contributed by atoms with van der Waals surface area (Å²) in [6, 6.07) is 0. The summed E-state index contributed by atoms with van der Waals surface area (Å²) in [5.41, 5.74) is 5.87. The van der Waals surface area contributed by atoms with Gasteiger partial charge in [-0.15, -0.1) is 0 Å². The molecule has 66 valence electrons. The minimum atomic E-state index is -0.539. The highest BCUT2D eigenvalue weighted by Gasteiger charge is 2.23. The lowest BCUT2D eigenvalue weighted by Crippen LogP contribution is -2.11. The van der Waals surface area contributed by atoms with Gasteiger partial charge in [0, 0.05) is 18.5 Å². The molecule has 0 spiro atoms. The van der Waals surface area contributed by atoms with Crippen LogP contribution in [0.3, 0.4) is 0 Å². The zero-order chi connectivity index (χ0) is 9.30. The number of rotatable bonds is 2. The Bertz CT molecular complexity index is 308. The van der Waals surface area contributed by atoms with Crippen LogP contribution in [0.4, 0.5) is 16.5 Å². The Kier molecular flexibility index (Phi) is 2.13. The van der Waals surface area contributed by atoms with Crippen LogP contribution in [0.1, 0.15) is 0 Å². The summed E-state index contributed by atoms with van der Waals surface area (Å²) in [5, 5.41) is 10.8. The second-order valence-corrected chi connectivity index (χ2v) is 3.18. The van der Waals surface area contributed by atoms with Crippen molar-refractivity contribution in [2.24, 2.45) is 0 Å². The summed E-state index contributed by atoms with van der Waals surface area (Å²) in [6.45, 7) is 0. The standard InChI is InChI=1S/C5H8N4O2S/c1-8(2)3-4(6)12-7-5(3)9(10)11/h6H2,1-2H3. The maximum absolute atomic E-state index is 10.4. The molecule has 1 aromatic rings. The first-order chi connectivity index (χ1) is 5.54. The van der Waals surface area contributed by atoms with E-state index in [9.17, 15) is 10.1 Å². The molecule has 12 heavy (non-hydrogen) atoms. The van der Waals surface area contributed by atoms with Gasteiger partial charge >= 0.3 is 5.82 Å². The highest BCUT2D eigenvalue weighted by Crippen LogP contribution is 2.34. The summed E-state index contributed by atoms with van der Waals surface area (Å²) in [6.07, 6.45) is 0. The first-order valence-corrected chi connectivity index (χ1v) is 3.88. The fourth-order valence-corrected chi connectivity index (χ4v) is 1.53. The smallest absolute Gasteiger partial charge is 0.386 e. The van der Waals surface area contributed by atoms with E-state index in [1.54, 1.807) is 19.0 Å². The highest BCUT2D eigenvalue weighted by atomic mass is 32.1. The molecule has 0 aliphatic heterocycles. The molecular formula is C5H8N4O2S. The summed E-state index contributed by atoms with van der Waals surface area (Å²) >= 11 is 0.932. The molecular weight excluding hydrogens is 180 g/mol. The molecule has 6 nitrogen and oxygen atoms in total. The van der Waals surface area contributed by atoms with Crippen molar-refractivity contribution in [1.29, 1.82) is 0 Å². The van der Waals surface area contributed by atoms with Crippen molar-refractivity contribution >= 4 is 28.0 Å². The molecule has 0 aliphatic rings. The van der Waals surface area contributed by atoms with Gasteiger partial charge in [-0.1, -0.05) is 0 Å². The Morgan fingerprint density at radius 2 is 2.25 bits per heavy atom. The molecule has 0 atom stereocenters. The molecule has 0 bridgehead atoms. The average Bonchev–Trinajstić information content (AvgIpc) is 2.30. The van der Waals surface area contributed by atoms with E-state index in [0.717, 1.165) is 11.5 Å². The zero-order valence-electron chi connectivity index (χ0n) is 6.64. The zero-order valence-corrected chi connectivity index (χ0v) is 7.46. The van der Waals surface area contributed by atoms with Gasteiger partial charge in [-0.3, -0.25) is 0 Å². The van der Waals surface area contributed by atoms with Gasteiger partial charge in [-0.05, 0) is 4.92 Å². The number of anilines is 2. The molecule has 0 radical (unpaired) electrons. The number of nitrogen functional groups attached to an aromatic ring is 1. The van der Waals surface area contributed by atoms with Gasteiger partial charge in [0.05, 0.1) is 0 Å². The van der Waals surface area contributed by atoms with Crippen LogP contribution in [-0.2, 0) is 0 Å². The molecule has 2 N–H and O–H groups in total.